The minimum atomic E-state index is -0.966. The number of nitro groups is 2. The topological polar surface area (TPSA) is 113 Å². The highest BCUT2D eigenvalue weighted by Gasteiger charge is 2.23. The van der Waals surface area contributed by atoms with Crippen molar-refractivity contribution >= 4 is 28.9 Å². The Morgan fingerprint density at radius 2 is 1.70 bits per heavy atom. The standard InChI is InChI=1S/C14H9ClN2O6/c15-10-5-6-11(13(7-10)17(21)22)14(18)23-8-9-3-1-2-4-12(9)16(19)20/h1-7H,8H2. The molecule has 0 unspecified atom stereocenters. The van der Waals surface area contributed by atoms with Crippen LogP contribution in [0, 0.1) is 20.2 Å². The van der Waals surface area contributed by atoms with Crippen LogP contribution >= 0.6 is 11.6 Å². The number of nitrogens with zero attached hydrogens (tertiary/aromatic N) is 2. The summed E-state index contributed by atoms with van der Waals surface area (Å²) in [6.07, 6.45) is 0. The number of hydrogen-bond donors (Lipinski definition) is 0. The Morgan fingerprint density at radius 3 is 2.35 bits per heavy atom. The fourth-order valence-corrected chi connectivity index (χ4v) is 2.03. The molecule has 8 nitrogen and oxygen atoms in total. The molecule has 0 N–H and O–H groups in total. The molecule has 0 amide bonds. The van der Waals surface area contributed by atoms with Crippen molar-refractivity contribution in [3.05, 3.63) is 78.8 Å². The molecule has 0 atom stereocenters. The van der Waals surface area contributed by atoms with E-state index in [9.17, 15) is 25.0 Å². The predicted octanol–water partition coefficient (Wildman–Crippen LogP) is 3.51. The SMILES string of the molecule is O=C(OCc1ccccc1[N+](=O)[O-])c1ccc(Cl)cc1[N+](=O)[O-]. The van der Waals surface area contributed by atoms with Gasteiger partial charge in [0.25, 0.3) is 11.4 Å². The molecule has 0 bridgehead atoms. The number of rotatable bonds is 5. The summed E-state index contributed by atoms with van der Waals surface area (Å²) < 4.78 is 4.94. The van der Waals surface area contributed by atoms with Crippen molar-refractivity contribution < 1.29 is 19.4 Å². The van der Waals surface area contributed by atoms with E-state index >= 15 is 0 Å². The molecular weight excluding hydrogens is 328 g/mol. The van der Waals surface area contributed by atoms with Crippen LogP contribution in [0.5, 0.6) is 0 Å². The highest BCUT2D eigenvalue weighted by Crippen LogP contribution is 2.25. The lowest BCUT2D eigenvalue weighted by atomic mass is 10.1. The average molecular weight is 337 g/mol. The molecule has 0 spiro atoms. The maximum Gasteiger partial charge on any atom is 0.345 e. The first-order chi connectivity index (χ1) is 10.9. The monoisotopic (exact) mass is 336 g/mol. The molecule has 0 radical (unpaired) electrons. The normalized spacial score (nSPS) is 10.1. The molecule has 2 aromatic carbocycles. The van der Waals surface area contributed by atoms with E-state index in [0.717, 1.165) is 6.07 Å². The van der Waals surface area contributed by atoms with E-state index in [-0.39, 0.29) is 28.4 Å². The van der Waals surface area contributed by atoms with Gasteiger partial charge in [-0.2, -0.15) is 0 Å². The lowest BCUT2D eigenvalue weighted by Crippen LogP contribution is -2.09. The van der Waals surface area contributed by atoms with Crippen LogP contribution in [0.2, 0.25) is 5.02 Å². The smallest absolute Gasteiger partial charge is 0.345 e. The van der Waals surface area contributed by atoms with Crippen molar-refractivity contribution in [3.63, 3.8) is 0 Å². The minimum absolute atomic E-state index is 0.104. The van der Waals surface area contributed by atoms with Crippen molar-refractivity contribution in [3.8, 4) is 0 Å². The van der Waals surface area contributed by atoms with Crippen molar-refractivity contribution in [1.29, 1.82) is 0 Å². The maximum atomic E-state index is 12.0. The predicted molar refractivity (Wildman–Crippen MR) is 80.3 cm³/mol. The molecule has 0 aliphatic rings. The molecule has 0 heterocycles. The molecule has 2 aromatic rings. The Kier molecular flexibility index (Phi) is 4.87. The second-order valence-electron chi connectivity index (χ2n) is 4.38. The Morgan fingerprint density at radius 1 is 1.04 bits per heavy atom. The Hall–Kier alpha value is -3.00. The van der Waals surface area contributed by atoms with E-state index in [0.29, 0.717) is 0 Å². The van der Waals surface area contributed by atoms with Crippen LogP contribution in [-0.2, 0) is 11.3 Å². The second kappa shape index (κ2) is 6.84. The Labute approximate surface area is 134 Å². The number of para-hydroxylation sites is 1. The Bertz CT molecular complexity index is 793. The zero-order valence-corrected chi connectivity index (χ0v) is 12.2. The zero-order valence-electron chi connectivity index (χ0n) is 11.5. The number of hydrogen-bond acceptors (Lipinski definition) is 6. The number of benzene rings is 2. The summed E-state index contributed by atoms with van der Waals surface area (Å²) >= 11 is 5.66. The van der Waals surface area contributed by atoms with Gasteiger partial charge < -0.3 is 4.74 Å². The van der Waals surface area contributed by atoms with Gasteiger partial charge in [0.05, 0.1) is 15.4 Å². The summed E-state index contributed by atoms with van der Waals surface area (Å²) in [5.41, 5.74) is -0.795. The molecule has 0 aliphatic carbocycles. The molecule has 0 aromatic heterocycles. The van der Waals surface area contributed by atoms with Crippen LogP contribution < -0.4 is 0 Å². The minimum Gasteiger partial charge on any atom is -0.457 e. The van der Waals surface area contributed by atoms with Crippen molar-refractivity contribution in [2.24, 2.45) is 0 Å². The highest BCUT2D eigenvalue weighted by atomic mass is 35.5. The largest absolute Gasteiger partial charge is 0.457 e. The third-order valence-electron chi connectivity index (χ3n) is 2.92. The number of nitro benzene ring substituents is 2. The molecule has 0 aliphatic heterocycles. The Balaban J connectivity index is 2.21. The van der Waals surface area contributed by atoms with Crippen LogP contribution in [0.25, 0.3) is 0 Å². The highest BCUT2D eigenvalue weighted by molar-refractivity contribution is 6.31. The molecule has 0 saturated heterocycles. The first kappa shape index (κ1) is 16.4. The summed E-state index contributed by atoms with van der Waals surface area (Å²) in [5.74, 6) is -0.966. The molecule has 23 heavy (non-hydrogen) atoms. The fraction of sp³-hybridized carbons (Fsp3) is 0.0714. The van der Waals surface area contributed by atoms with Gasteiger partial charge in [0, 0.05) is 17.2 Å². The number of ether oxygens (including phenoxy) is 1. The van der Waals surface area contributed by atoms with Gasteiger partial charge >= 0.3 is 5.97 Å². The number of carbonyl (C=O) groups is 1. The summed E-state index contributed by atoms with van der Waals surface area (Å²) in [4.78, 5) is 32.5. The number of halogens is 1. The van der Waals surface area contributed by atoms with Gasteiger partial charge in [0.1, 0.15) is 12.2 Å². The number of carbonyl (C=O) groups excluding carboxylic acids is 1. The van der Waals surface area contributed by atoms with E-state index < -0.39 is 21.5 Å². The van der Waals surface area contributed by atoms with E-state index in [1.807, 2.05) is 0 Å². The second-order valence-corrected chi connectivity index (χ2v) is 4.82. The van der Waals surface area contributed by atoms with E-state index in [1.54, 1.807) is 6.07 Å². The first-order valence-electron chi connectivity index (χ1n) is 6.23. The van der Waals surface area contributed by atoms with Crippen molar-refractivity contribution in [1.82, 2.24) is 0 Å². The first-order valence-corrected chi connectivity index (χ1v) is 6.61. The zero-order chi connectivity index (χ0) is 17.0. The van der Waals surface area contributed by atoms with E-state index in [4.69, 9.17) is 16.3 Å². The van der Waals surface area contributed by atoms with Crippen LogP contribution in [0.1, 0.15) is 15.9 Å². The van der Waals surface area contributed by atoms with E-state index in [1.165, 1.54) is 30.3 Å². The lowest BCUT2D eigenvalue weighted by Gasteiger charge is -2.06. The van der Waals surface area contributed by atoms with Gasteiger partial charge in [-0.15, -0.1) is 0 Å². The van der Waals surface area contributed by atoms with Crippen LogP contribution in [0.4, 0.5) is 11.4 Å². The van der Waals surface area contributed by atoms with Gasteiger partial charge in [-0.05, 0) is 18.2 Å². The van der Waals surface area contributed by atoms with Gasteiger partial charge in [-0.1, -0.05) is 23.7 Å². The van der Waals surface area contributed by atoms with Crippen molar-refractivity contribution in [2.45, 2.75) is 6.61 Å². The van der Waals surface area contributed by atoms with Gasteiger partial charge in [0.2, 0.25) is 0 Å². The summed E-state index contributed by atoms with van der Waals surface area (Å²) in [6.45, 7) is -0.379. The fourth-order valence-electron chi connectivity index (χ4n) is 1.86. The molecule has 2 rings (SSSR count). The quantitative estimate of drug-likeness (QED) is 0.469. The third kappa shape index (κ3) is 3.80. The molecule has 0 fully saturated rings. The van der Waals surface area contributed by atoms with Gasteiger partial charge in [-0.3, -0.25) is 20.2 Å². The van der Waals surface area contributed by atoms with Gasteiger partial charge in [-0.25, -0.2) is 4.79 Å². The molecular formula is C14H9ClN2O6. The number of esters is 1. The maximum absolute atomic E-state index is 12.0. The lowest BCUT2D eigenvalue weighted by molar-refractivity contribution is -0.385. The van der Waals surface area contributed by atoms with Crippen LogP contribution in [0.3, 0.4) is 0 Å². The summed E-state index contributed by atoms with van der Waals surface area (Å²) in [7, 11) is 0. The van der Waals surface area contributed by atoms with E-state index in [2.05, 4.69) is 0 Å². The third-order valence-corrected chi connectivity index (χ3v) is 3.16. The van der Waals surface area contributed by atoms with Crippen LogP contribution in [0.15, 0.2) is 42.5 Å². The van der Waals surface area contributed by atoms with Crippen molar-refractivity contribution in [2.75, 3.05) is 0 Å². The van der Waals surface area contributed by atoms with Gasteiger partial charge in [0.15, 0.2) is 0 Å². The molecule has 9 heteroatoms. The molecule has 118 valence electrons. The average Bonchev–Trinajstić information content (AvgIpc) is 2.52. The summed E-state index contributed by atoms with van der Waals surface area (Å²) in [6, 6.07) is 9.26. The van der Waals surface area contributed by atoms with Crippen LogP contribution in [-0.4, -0.2) is 15.8 Å². The summed E-state index contributed by atoms with van der Waals surface area (Å²) in [5, 5.41) is 21.9. The molecule has 0 saturated carbocycles.